The van der Waals surface area contributed by atoms with Crippen molar-refractivity contribution >= 4 is 16.1 Å². The van der Waals surface area contributed by atoms with Gasteiger partial charge in [0.2, 0.25) is 5.91 Å². The number of hydrogen-bond donors (Lipinski definition) is 2. The molecule has 9 heteroatoms. The van der Waals surface area contributed by atoms with E-state index >= 15 is 0 Å². The van der Waals surface area contributed by atoms with E-state index in [4.69, 9.17) is 4.74 Å². The Balaban J connectivity index is 2.02. The molecule has 122 valence electrons. The third-order valence-corrected chi connectivity index (χ3v) is 5.87. The molecule has 2 rings (SSSR count). The van der Waals surface area contributed by atoms with Gasteiger partial charge < -0.3 is 15.2 Å². The molecule has 2 aliphatic rings. The zero-order valence-electron chi connectivity index (χ0n) is 12.2. The highest BCUT2D eigenvalue weighted by Gasteiger charge is 2.34. The Hall–Kier alpha value is -0.740. The fourth-order valence-electron chi connectivity index (χ4n) is 2.67. The van der Waals surface area contributed by atoms with Crippen molar-refractivity contribution in [3.63, 3.8) is 0 Å². The fourth-order valence-corrected chi connectivity index (χ4v) is 4.27. The van der Waals surface area contributed by atoms with Crippen LogP contribution in [0.25, 0.3) is 0 Å². The van der Waals surface area contributed by atoms with Crippen LogP contribution in [0.4, 0.5) is 0 Å². The second-order valence-electron chi connectivity index (χ2n) is 5.37. The predicted octanol–water partition coefficient (Wildman–Crippen LogP) is -1.48. The third kappa shape index (κ3) is 4.13. The first kappa shape index (κ1) is 16.6. The molecule has 2 heterocycles. The molecule has 0 spiro atoms. The zero-order valence-corrected chi connectivity index (χ0v) is 13.0. The van der Waals surface area contributed by atoms with Gasteiger partial charge in [0.1, 0.15) is 0 Å². The summed E-state index contributed by atoms with van der Waals surface area (Å²) in [7, 11) is -3.52. The molecule has 2 N–H and O–H groups in total. The number of nitrogens with zero attached hydrogens (tertiary/aromatic N) is 2. The summed E-state index contributed by atoms with van der Waals surface area (Å²) in [5, 5.41) is 12.7. The molecule has 0 aromatic rings. The largest absolute Gasteiger partial charge is 0.391 e. The first-order valence-electron chi connectivity index (χ1n) is 7.19. The van der Waals surface area contributed by atoms with Crippen LogP contribution in [-0.2, 0) is 19.7 Å². The van der Waals surface area contributed by atoms with Crippen molar-refractivity contribution in [2.45, 2.75) is 31.9 Å². The van der Waals surface area contributed by atoms with Crippen molar-refractivity contribution in [1.82, 2.24) is 13.9 Å². The molecule has 0 unspecified atom stereocenters. The lowest BCUT2D eigenvalue weighted by molar-refractivity contribution is -0.120. The summed E-state index contributed by atoms with van der Waals surface area (Å²) in [5.74, 6) is -0.219. The van der Waals surface area contributed by atoms with E-state index < -0.39 is 22.4 Å². The molecule has 0 bridgehead atoms. The normalized spacial score (nSPS) is 29.8. The number of nitrogens with one attached hydrogen (secondary N) is 1. The topological polar surface area (TPSA) is 99.2 Å². The van der Waals surface area contributed by atoms with Crippen LogP contribution in [0.15, 0.2) is 0 Å². The van der Waals surface area contributed by atoms with E-state index in [0.717, 1.165) is 0 Å². The van der Waals surface area contributed by atoms with Gasteiger partial charge in [0.05, 0.1) is 25.4 Å². The van der Waals surface area contributed by atoms with E-state index in [9.17, 15) is 18.3 Å². The monoisotopic (exact) mass is 321 g/mol. The van der Waals surface area contributed by atoms with Crippen LogP contribution in [0.3, 0.4) is 0 Å². The third-order valence-electron chi connectivity index (χ3n) is 3.84. The Labute approximate surface area is 125 Å². The number of aliphatic hydroxyl groups excluding tert-OH is 1. The summed E-state index contributed by atoms with van der Waals surface area (Å²) in [6, 6.07) is -0.396. The fraction of sp³-hybridized carbons (Fsp3) is 0.917. The number of carbonyl (C=O) groups excluding carboxylic acids is 1. The molecule has 0 aromatic carbocycles. The van der Waals surface area contributed by atoms with Crippen molar-refractivity contribution in [2.75, 3.05) is 39.4 Å². The highest BCUT2D eigenvalue weighted by atomic mass is 32.2. The van der Waals surface area contributed by atoms with Gasteiger partial charge in [0, 0.05) is 33.1 Å². The molecule has 2 saturated heterocycles. The number of carbonyl (C=O) groups is 1. The van der Waals surface area contributed by atoms with Gasteiger partial charge >= 0.3 is 0 Å². The second-order valence-corrected chi connectivity index (χ2v) is 7.30. The Kier molecular flexibility index (Phi) is 5.55. The number of rotatable bonds is 3. The molecule has 2 aliphatic heterocycles. The summed E-state index contributed by atoms with van der Waals surface area (Å²) in [6.45, 7) is 3.47. The Morgan fingerprint density at radius 1 is 1.14 bits per heavy atom. The van der Waals surface area contributed by atoms with E-state index in [0.29, 0.717) is 45.7 Å². The number of hydrogen-bond acceptors (Lipinski definition) is 5. The van der Waals surface area contributed by atoms with E-state index in [2.05, 4.69) is 5.32 Å². The quantitative estimate of drug-likeness (QED) is 0.661. The Morgan fingerprint density at radius 2 is 1.71 bits per heavy atom. The van der Waals surface area contributed by atoms with Gasteiger partial charge in [-0.05, 0) is 12.8 Å². The maximum Gasteiger partial charge on any atom is 0.282 e. The molecule has 0 radical (unpaired) electrons. The Bertz CT molecular complexity index is 464. The second kappa shape index (κ2) is 7.01. The van der Waals surface area contributed by atoms with E-state index in [1.54, 1.807) is 0 Å². The molecule has 0 aromatic heterocycles. The van der Waals surface area contributed by atoms with Crippen LogP contribution in [0.1, 0.15) is 19.8 Å². The van der Waals surface area contributed by atoms with Gasteiger partial charge in [-0.25, -0.2) is 0 Å². The number of morpholine rings is 1. The smallest absolute Gasteiger partial charge is 0.282 e. The average molecular weight is 321 g/mol. The van der Waals surface area contributed by atoms with Gasteiger partial charge in [-0.2, -0.15) is 17.0 Å². The standard InChI is InChI=1S/C12H23N3O5S/c1-10(16)13-11-2-4-14(5-3-12(11)17)21(18,19)15-6-8-20-9-7-15/h11-12,17H,2-9H2,1H3,(H,13,16)/t11-,12-/m0/s1. The van der Waals surface area contributed by atoms with Crippen LogP contribution in [0.5, 0.6) is 0 Å². The summed E-state index contributed by atoms with van der Waals surface area (Å²) < 4.78 is 33.1. The first-order chi connectivity index (χ1) is 9.91. The number of ether oxygens (including phenoxy) is 1. The van der Waals surface area contributed by atoms with Crippen LogP contribution in [-0.4, -0.2) is 79.6 Å². The highest BCUT2D eigenvalue weighted by molar-refractivity contribution is 7.86. The minimum absolute atomic E-state index is 0.219. The van der Waals surface area contributed by atoms with Crippen LogP contribution in [0.2, 0.25) is 0 Å². The SMILES string of the molecule is CC(=O)N[C@H]1CCN(S(=O)(=O)N2CCOCC2)CC[C@@H]1O. The van der Waals surface area contributed by atoms with Gasteiger partial charge in [-0.1, -0.05) is 0 Å². The zero-order chi connectivity index (χ0) is 15.5. The summed E-state index contributed by atoms with van der Waals surface area (Å²) >= 11 is 0. The van der Waals surface area contributed by atoms with Crippen LogP contribution in [0, 0.1) is 0 Å². The van der Waals surface area contributed by atoms with Crippen LogP contribution < -0.4 is 5.32 Å². The lowest BCUT2D eigenvalue weighted by Crippen LogP contribution is -2.49. The summed E-state index contributed by atoms with van der Waals surface area (Å²) in [6.07, 6.45) is -0.00228. The summed E-state index contributed by atoms with van der Waals surface area (Å²) in [5.41, 5.74) is 0. The van der Waals surface area contributed by atoms with Crippen molar-refractivity contribution in [3.8, 4) is 0 Å². The van der Waals surface area contributed by atoms with Crippen molar-refractivity contribution in [2.24, 2.45) is 0 Å². The molecule has 8 nitrogen and oxygen atoms in total. The van der Waals surface area contributed by atoms with Crippen molar-refractivity contribution < 1.29 is 23.1 Å². The number of aliphatic hydroxyl groups is 1. The molecule has 1 amide bonds. The first-order valence-corrected chi connectivity index (χ1v) is 8.59. The number of amides is 1. The molecule has 2 atom stereocenters. The minimum Gasteiger partial charge on any atom is -0.391 e. The maximum atomic E-state index is 12.6. The molecular weight excluding hydrogens is 298 g/mol. The van der Waals surface area contributed by atoms with E-state index in [1.807, 2.05) is 0 Å². The molecule has 21 heavy (non-hydrogen) atoms. The van der Waals surface area contributed by atoms with Gasteiger partial charge in [0.15, 0.2) is 0 Å². The lowest BCUT2D eigenvalue weighted by atomic mass is 10.1. The highest BCUT2D eigenvalue weighted by Crippen LogP contribution is 2.18. The van der Waals surface area contributed by atoms with Crippen LogP contribution >= 0.6 is 0 Å². The average Bonchev–Trinajstić information content (AvgIpc) is 2.63. The molecule has 0 saturated carbocycles. The van der Waals surface area contributed by atoms with Crippen molar-refractivity contribution in [1.29, 1.82) is 0 Å². The van der Waals surface area contributed by atoms with Crippen molar-refractivity contribution in [3.05, 3.63) is 0 Å². The van der Waals surface area contributed by atoms with E-state index in [-0.39, 0.29) is 12.5 Å². The van der Waals surface area contributed by atoms with Gasteiger partial charge in [-0.3, -0.25) is 4.79 Å². The van der Waals surface area contributed by atoms with Gasteiger partial charge in [-0.15, -0.1) is 0 Å². The predicted molar refractivity (Wildman–Crippen MR) is 75.7 cm³/mol. The molecular formula is C12H23N3O5S. The maximum absolute atomic E-state index is 12.6. The van der Waals surface area contributed by atoms with Gasteiger partial charge in [0.25, 0.3) is 10.2 Å². The minimum atomic E-state index is -3.52. The lowest BCUT2D eigenvalue weighted by Gasteiger charge is -2.31. The Morgan fingerprint density at radius 3 is 2.33 bits per heavy atom. The van der Waals surface area contributed by atoms with E-state index in [1.165, 1.54) is 15.5 Å². The molecule has 2 fully saturated rings. The molecule has 0 aliphatic carbocycles. The summed E-state index contributed by atoms with van der Waals surface area (Å²) in [4.78, 5) is 11.1.